The highest BCUT2D eigenvalue weighted by Gasteiger charge is 2.23. The standard InChI is InChI=1S/C13H15NO6/c1-7-3-2-4-8(11(7)17)12(18)14-9(13(19)20)5-6-10(15)16/h2-4,9,17H,5-6H2,1H3,(H,14,18)(H,15,16)(H,19,20). The van der Waals surface area contributed by atoms with Crippen LogP contribution in [0.25, 0.3) is 0 Å². The molecule has 0 aliphatic heterocycles. The molecule has 1 aromatic carbocycles. The van der Waals surface area contributed by atoms with Crippen LogP contribution >= 0.6 is 0 Å². The topological polar surface area (TPSA) is 124 Å². The lowest BCUT2D eigenvalue weighted by Gasteiger charge is -2.14. The Morgan fingerprint density at radius 2 is 1.90 bits per heavy atom. The predicted octanol–water partition coefficient (Wildman–Crippen LogP) is 0.748. The van der Waals surface area contributed by atoms with Crippen molar-refractivity contribution in [2.24, 2.45) is 0 Å². The van der Waals surface area contributed by atoms with Crippen LogP contribution in [0.15, 0.2) is 18.2 Å². The SMILES string of the molecule is Cc1cccc(C(=O)NC(CCC(=O)O)C(=O)O)c1O. The number of carbonyl (C=O) groups is 3. The Labute approximate surface area is 114 Å². The van der Waals surface area contributed by atoms with E-state index in [1.54, 1.807) is 19.1 Å². The fourth-order valence-corrected chi connectivity index (χ4v) is 1.60. The Bertz CT molecular complexity index is 540. The lowest BCUT2D eigenvalue weighted by molar-refractivity contribution is -0.140. The number of phenols is 1. The number of aromatic hydroxyl groups is 1. The molecule has 7 heteroatoms. The van der Waals surface area contributed by atoms with Gasteiger partial charge >= 0.3 is 11.9 Å². The Morgan fingerprint density at radius 3 is 2.45 bits per heavy atom. The minimum absolute atomic E-state index is 0.0495. The molecule has 7 nitrogen and oxygen atoms in total. The van der Waals surface area contributed by atoms with E-state index in [1.165, 1.54) is 6.07 Å². The lowest BCUT2D eigenvalue weighted by Crippen LogP contribution is -2.41. The third-order valence-electron chi connectivity index (χ3n) is 2.73. The second-order valence-electron chi connectivity index (χ2n) is 4.27. The molecule has 0 saturated carbocycles. The van der Waals surface area contributed by atoms with Crippen molar-refractivity contribution in [3.63, 3.8) is 0 Å². The molecular weight excluding hydrogens is 266 g/mol. The monoisotopic (exact) mass is 281 g/mol. The van der Waals surface area contributed by atoms with E-state index in [4.69, 9.17) is 10.2 Å². The van der Waals surface area contributed by atoms with Gasteiger partial charge in [-0.1, -0.05) is 12.1 Å². The van der Waals surface area contributed by atoms with Gasteiger partial charge in [0, 0.05) is 6.42 Å². The second kappa shape index (κ2) is 6.55. The van der Waals surface area contributed by atoms with Crippen LogP contribution in [0.3, 0.4) is 0 Å². The molecule has 20 heavy (non-hydrogen) atoms. The number of carboxylic acids is 2. The average molecular weight is 281 g/mol. The van der Waals surface area contributed by atoms with E-state index in [1.807, 2.05) is 0 Å². The number of nitrogens with one attached hydrogen (secondary N) is 1. The molecule has 0 heterocycles. The van der Waals surface area contributed by atoms with Crippen LogP contribution in [-0.4, -0.2) is 39.2 Å². The molecule has 0 saturated heterocycles. The van der Waals surface area contributed by atoms with Crippen molar-refractivity contribution in [3.8, 4) is 5.75 Å². The van der Waals surface area contributed by atoms with Gasteiger partial charge in [0.15, 0.2) is 0 Å². The summed E-state index contributed by atoms with van der Waals surface area (Å²) in [6.45, 7) is 1.60. The molecule has 0 fully saturated rings. The van der Waals surface area contributed by atoms with Gasteiger partial charge in [-0.25, -0.2) is 4.79 Å². The molecule has 1 rings (SSSR count). The molecule has 0 radical (unpaired) electrons. The number of hydrogen-bond acceptors (Lipinski definition) is 4. The highest BCUT2D eigenvalue weighted by Crippen LogP contribution is 2.21. The van der Waals surface area contributed by atoms with Gasteiger partial charge in [0.05, 0.1) is 5.56 Å². The Kier molecular flexibility index (Phi) is 5.08. The smallest absolute Gasteiger partial charge is 0.326 e. The van der Waals surface area contributed by atoms with Gasteiger partial charge in [0.1, 0.15) is 11.8 Å². The molecule has 0 aromatic heterocycles. The number of amides is 1. The van der Waals surface area contributed by atoms with Crippen LogP contribution in [0.1, 0.15) is 28.8 Å². The summed E-state index contributed by atoms with van der Waals surface area (Å²) < 4.78 is 0. The Balaban J connectivity index is 2.83. The first-order valence-corrected chi connectivity index (χ1v) is 5.87. The summed E-state index contributed by atoms with van der Waals surface area (Å²) >= 11 is 0. The maximum absolute atomic E-state index is 11.9. The first kappa shape index (κ1) is 15.5. The third-order valence-corrected chi connectivity index (χ3v) is 2.73. The molecular formula is C13H15NO6. The summed E-state index contributed by atoms with van der Waals surface area (Å²) in [7, 11) is 0. The number of carbonyl (C=O) groups excluding carboxylic acids is 1. The van der Waals surface area contributed by atoms with Crippen molar-refractivity contribution in [3.05, 3.63) is 29.3 Å². The van der Waals surface area contributed by atoms with Gasteiger partial charge < -0.3 is 20.6 Å². The van der Waals surface area contributed by atoms with Crippen LogP contribution in [0, 0.1) is 6.92 Å². The van der Waals surface area contributed by atoms with Crippen LogP contribution < -0.4 is 5.32 Å². The largest absolute Gasteiger partial charge is 0.507 e. The molecule has 0 spiro atoms. The number of benzene rings is 1. The first-order chi connectivity index (χ1) is 9.32. The van der Waals surface area contributed by atoms with E-state index in [-0.39, 0.29) is 24.2 Å². The summed E-state index contributed by atoms with van der Waals surface area (Å²) in [5, 5.41) is 29.4. The lowest BCUT2D eigenvalue weighted by atomic mass is 10.1. The number of aliphatic carboxylic acids is 2. The van der Waals surface area contributed by atoms with Crippen molar-refractivity contribution in [2.45, 2.75) is 25.8 Å². The van der Waals surface area contributed by atoms with Gasteiger partial charge in [-0.3, -0.25) is 9.59 Å². The highest BCUT2D eigenvalue weighted by molar-refractivity contribution is 5.99. The van der Waals surface area contributed by atoms with E-state index < -0.39 is 23.9 Å². The minimum atomic E-state index is -1.33. The Hall–Kier alpha value is -2.57. The minimum Gasteiger partial charge on any atom is -0.507 e. The quantitative estimate of drug-likeness (QED) is 0.610. The number of rotatable bonds is 6. The highest BCUT2D eigenvalue weighted by atomic mass is 16.4. The van der Waals surface area contributed by atoms with Gasteiger partial charge in [-0.15, -0.1) is 0 Å². The normalized spacial score (nSPS) is 11.7. The number of hydrogen-bond donors (Lipinski definition) is 4. The van der Waals surface area contributed by atoms with Gasteiger partial charge in [0.2, 0.25) is 0 Å². The molecule has 4 N–H and O–H groups in total. The van der Waals surface area contributed by atoms with E-state index in [0.29, 0.717) is 5.56 Å². The number of aryl methyl sites for hydroxylation is 1. The summed E-state index contributed by atoms with van der Waals surface area (Å²) in [6, 6.07) is 3.19. The van der Waals surface area contributed by atoms with E-state index in [9.17, 15) is 19.5 Å². The van der Waals surface area contributed by atoms with Crippen LogP contribution in [0.4, 0.5) is 0 Å². The number of para-hydroxylation sites is 1. The van der Waals surface area contributed by atoms with Crippen molar-refractivity contribution >= 4 is 17.8 Å². The van der Waals surface area contributed by atoms with Crippen molar-refractivity contribution in [2.75, 3.05) is 0 Å². The fraction of sp³-hybridized carbons (Fsp3) is 0.308. The molecule has 1 unspecified atom stereocenters. The predicted molar refractivity (Wildman–Crippen MR) is 68.6 cm³/mol. The van der Waals surface area contributed by atoms with Crippen LogP contribution in [-0.2, 0) is 9.59 Å². The molecule has 1 atom stereocenters. The summed E-state index contributed by atoms with van der Waals surface area (Å²) in [4.78, 5) is 33.3. The van der Waals surface area contributed by atoms with Gasteiger partial charge in [0.25, 0.3) is 5.91 Å². The number of phenolic OH excluding ortho intramolecular Hbond substituents is 1. The molecule has 1 aromatic rings. The van der Waals surface area contributed by atoms with E-state index >= 15 is 0 Å². The average Bonchev–Trinajstić information content (AvgIpc) is 2.36. The maximum atomic E-state index is 11.9. The second-order valence-corrected chi connectivity index (χ2v) is 4.27. The van der Waals surface area contributed by atoms with E-state index in [0.717, 1.165) is 0 Å². The molecule has 1 amide bonds. The molecule has 0 bridgehead atoms. The Morgan fingerprint density at radius 1 is 1.25 bits per heavy atom. The van der Waals surface area contributed by atoms with Gasteiger partial charge in [-0.2, -0.15) is 0 Å². The third kappa shape index (κ3) is 3.98. The van der Waals surface area contributed by atoms with E-state index in [2.05, 4.69) is 5.32 Å². The van der Waals surface area contributed by atoms with Crippen molar-refractivity contribution in [1.29, 1.82) is 0 Å². The molecule has 108 valence electrons. The zero-order chi connectivity index (χ0) is 15.3. The van der Waals surface area contributed by atoms with Crippen LogP contribution in [0.5, 0.6) is 5.75 Å². The fourth-order valence-electron chi connectivity index (χ4n) is 1.60. The summed E-state index contributed by atoms with van der Waals surface area (Å²) in [6.07, 6.45) is -0.611. The summed E-state index contributed by atoms with van der Waals surface area (Å²) in [5.41, 5.74) is 0.432. The van der Waals surface area contributed by atoms with Crippen molar-refractivity contribution < 1.29 is 29.7 Å². The summed E-state index contributed by atoms with van der Waals surface area (Å²) in [5.74, 6) is -3.47. The molecule has 0 aliphatic rings. The zero-order valence-corrected chi connectivity index (χ0v) is 10.8. The van der Waals surface area contributed by atoms with Crippen LogP contribution in [0.2, 0.25) is 0 Å². The maximum Gasteiger partial charge on any atom is 0.326 e. The number of carboxylic acid groups (broad SMARTS) is 2. The first-order valence-electron chi connectivity index (χ1n) is 5.87. The van der Waals surface area contributed by atoms with Crippen molar-refractivity contribution in [1.82, 2.24) is 5.32 Å². The molecule has 0 aliphatic carbocycles. The zero-order valence-electron chi connectivity index (χ0n) is 10.8. The van der Waals surface area contributed by atoms with Gasteiger partial charge in [-0.05, 0) is 25.0 Å².